The lowest BCUT2D eigenvalue weighted by molar-refractivity contribution is 0.312. The smallest absolute Gasteiger partial charge is 0.222 e. The van der Waals surface area contributed by atoms with Gasteiger partial charge in [-0.15, -0.1) is 10.2 Å². The van der Waals surface area contributed by atoms with E-state index in [0.717, 1.165) is 72.7 Å². The molecule has 0 bridgehead atoms. The Morgan fingerprint density at radius 2 is 1.97 bits per heavy atom. The summed E-state index contributed by atoms with van der Waals surface area (Å²) in [6.07, 6.45) is 5.94. The van der Waals surface area contributed by atoms with Crippen LogP contribution in [0.3, 0.4) is 0 Å². The summed E-state index contributed by atoms with van der Waals surface area (Å²) in [6, 6.07) is 10.4. The van der Waals surface area contributed by atoms with Crippen LogP contribution in [0, 0.1) is 0 Å². The minimum absolute atomic E-state index is 0.605. The average molecular weight is 429 g/mol. The molecule has 5 heterocycles. The normalized spacial score (nSPS) is 16.7. The van der Waals surface area contributed by atoms with Gasteiger partial charge in [-0.05, 0) is 31.2 Å². The van der Waals surface area contributed by atoms with Crippen molar-refractivity contribution in [1.29, 1.82) is 0 Å². The molecule has 4 aromatic rings. The number of anilines is 2. The van der Waals surface area contributed by atoms with Crippen molar-refractivity contribution >= 4 is 34.1 Å². The van der Waals surface area contributed by atoms with Crippen LogP contribution in [0.1, 0.15) is 12.8 Å². The monoisotopic (exact) mass is 428 g/mol. The third-order valence-corrected chi connectivity index (χ3v) is 6.11. The second-order valence-corrected chi connectivity index (χ2v) is 8.15. The Kier molecular flexibility index (Phi) is 4.59. The van der Waals surface area contributed by atoms with E-state index >= 15 is 0 Å². The number of rotatable bonds is 2. The van der Waals surface area contributed by atoms with Crippen LogP contribution in [0.4, 0.5) is 11.4 Å². The molecule has 0 atom stereocenters. The fraction of sp³-hybridized carbons (Fsp3) is 0.348. The number of hydrogen-bond donors (Lipinski definition) is 0. The lowest BCUT2D eigenvalue weighted by Gasteiger charge is -2.26. The van der Waals surface area contributed by atoms with Crippen molar-refractivity contribution in [2.45, 2.75) is 12.8 Å². The predicted octanol–water partition coefficient (Wildman–Crippen LogP) is 2.84. The first-order valence-corrected chi connectivity index (χ1v) is 11.0. The third-order valence-electron chi connectivity index (χ3n) is 6.11. The summed E-state index contributed by atoms with van der Waals surface area (Å²) in [5, 5.41) is 14.5. The van der Waals surface area contributed by atoms with Crippen LogP contribution in [-0.2, 0) is 0 Å². The molecule has 0 unspecified atom stereocenters. The van der Waals surface area contributed by atoms with Crippen molar-refractivity contribution in [3.8, 4) is 17.3 Å². The topological polar surface area (TPSA) is 84.0 Å². The number of benzene rings is 1. The van der Waals surface area contributed by atoms with Gasteiger partial charge in [-0.3, -0.25) is 4.99 Å². The first-order valence-electron chi connectivity index (χ1n) is 11.0. The number of ether oxygens (including phenoxy) is 1. The van der Waals surface area contributed by atoms with E-state index < -0.39 is 0 Å². The molecule has 1 aromatic carbocycles. The number of likely N-dealkylation sites (N-methyl/N-ethyl adjacent to an activating group) is 1. The molecule has 2 aliphatic rings. The van der Waals surface area contributed by atoms with E-state index in [-0.39, 0.29) is 0 Å². The molecule has 0 amide bonds. The summed E-state index contributed by atoms with van der Waals surface area (Å²) >= 11 is 0. The summed E-state index contributed by atoms with van der Waals surface area (Å²) in [6.45, 7) is 4.11. The van der Waals surface area contributed by atoms with Crippen LogP contribution in [0.5, 0.6) is 5.75 Å². The van der Waals surface area contributed by atoms with Gasteiger partial charge in [-0.25, -0.2) is 4.98 Å². The molecule has 9 nitrogen and oxygen atoms in total. The summed E-state index contributed by atoms with van der Waals surface area (Å²) in [5.74, 6) is 1.32. The first-order chi connectivity index (χ1) is 15.8. The number of hydrogen-bond acceptors (Lipinski definition) is 8. The van der Waals surface area contributed by atoms with Crippen LogP contribution >= 0.6 is 0 Å². The summed E-state index contributed by atoms with van der Waals surface area (Å²) in [5.41, 5.74) is 4.36. The van der Waals surface area contributed by atoms with E-state index in [4.69, 9.17) is 9.72 Å². The largest absolute Gasteiger partial charge is 0.486 e. The maximum absolute atomic E-state index is 5.90. The second-order valence-electron chi connectivity index (χ2n) is 8.15. The van der Waals surface area contributed by atoms with Crippen molar-refractivity contribution in [1.82, 2.24) is 24.8 Å². The average Bonchev–Trinajstić information content (AvgIpc) is 3.23. The highest BCUT2D eigenvalue weighted by Gasteiger charge is 2.23. The number of nitrogens with zero attached hydrogens (tertiary/aromatic N) is 8. The van der Waals surface area contributed by atoms with E-state index in [2.05, 4.69) is 54.4 Å². The highest BCUT2D eigenvalue weighted by molar-refractivity contribution is 5.92. The van der Waals surface area contributed by atoms with E-state index in [0.29, 0.717) is 18.1 Å². The molecule has 0 saturated heterocycles. The lowest BCUT2D eigenvalue weighted by Crippen LogP contribution is -2.29. The van der Waals surface area contributed by atoms with Gasteiger partial charge in [0.25, 0.3) is 0 Å². The molecule has 3 aromatic heterocycles. The highest BCUT2D eigenvalue weighted by atomic mass is 16.5. The zero-order valence-electron chi connectivity index (χ0n) is 18.0. The van der Waals surface area contributed by atoms with Gasteiger partial charge in [-0.1, -0.05) is 18.2 Å². The van der Waals surface area contributed by atoms with Crippen molar-refractivity contribution in [3.05, 3.63) is 36.5 Å². The van der Waals surface area contributed by atoms with Crippen LogP contribution in [-0.4, -0.2) is 70.8 Å². The summed E-state index contributed by atoms with van der Waals surface area (Å²) in [7, 11) is 2.03. The number of aliphatic imine (C=N–C) groups is 1. The Bertz CT molecular complexity index is 1330. The zero-order chi connectivity index (χ0) is 21.5. The third kappa shape index (κ3) is 3.12. The molecule has 0 aliphatic carbocycles. The maximum Gasteiger partial charge on any atom is 0.222 e. The molecule has 2 aliphatic heterocycles. The van der Waals surface area contributed by atoms with Gasteiger partial charge < -0.3 is 14.5 Å². The molecule has 0 fully saturated rings. The Hall–Kier alpha value is -3.75. The van der Waals surface area contributed by atoms with Crippen molar-refractivity contribution in [3.63, 3.8) is 0 Å². The lowest BCUT2D eigenvalue weighted by atomic mass is 10.1. The Morgan fingerprint density at radius 1 is 1.00 bits per heavy atom. The van der Waals surface area contributed by atoms with Gasteiger partial charge >= 0.3 is 0 Å². The number of fused-ring (bicyclic) bond motifs is 4. The Morgan fingerprint density at radius 3 is 2.94 bits per heavy atom. The Balaban J connectivity index is 1.46. The van der Waals surface area contributed by atoms with Gasteiger partial charge in [0.2, 0.25) is 11.5 Å². The van der Waals surface area contributed by atoms with Crippen molar-refractivity contribution < 1.29 is 4.74 Å². The highest BCUT2D eigenvalue weighted by Crippen LogP contribution is 2.34. The molecule has 6 rings (SSSR count). The van der Waals surface area contributed by atoms with E-state index in [1.54, 1.807) is 4.52 Å². The maximum atomic E-state index is 5.90. The summed E-state index contributed by atoms with van der Waals surface area (Å²) in [4.78, 5) is 14.0. The van der Waals surface area contributed by atoms with E-state index in [1.807, 2.05) is 25.5 Å². The standard InChI is InChI=1S/C23H24N8O/c1-29-13-14-32-21-19(29)15-25-31-22(27-28-23(21)31)17-8-7-16-5-4-6-18(20(16)26-17)30-11-3-2-9-24-10-12-30/h4-9,15H,2-3,10-14H2,1H3. The molecule has 0 saturated carbocycles. The van der Waals surface area contributed by atoms with Crippen LogP contribution in [0.25, 0.3) is 28.1 Å². The predicted molar refractivity (Wildman–Crippen MR) is 125 cm³/mol. The molecular formula is C23H24N8O. The SMILES string of the molecule is CN1CCOc2c1cnn1c(-c3ccc4cccc(N5CCCC=NCC5)c4n3)nnc21. The molecule has 162 valence electrons. The second kappa shape index (κ2) is 7.74. The minimum Gasteiger partial charge on any atom is -0.486 e. The molecule has 0 N–H and O–H groups in total. The minimum atomic E-state index is 0.605. The van der Waals surface area contributed by atoms with Crippen LogP contribution in [0.15, 0.2) is 41.5 Å². The van der Waals surface area contributed by atoms with Gasteiger partial charge in [0.15, 0.2) is 5.75 Å². The first kappa shape index (κ1) is 19.0. The number of para-hydroxylation sites is 1. The number of aromatic nitrogens is 5. The fourth-order valence-electron chi connectivity index (χ4n) is 4.39. The molecular weight excluding hydrogens is 404 g/mol. The van der Waals surface area contributed by atoms with Gasteiger partial charge in [0.1, 0.15) is 18.0 Å². The van der Waals surface area contributed by atoms with Crippen molar-refractivity contribution in [2.75, 3.05) is 49.6 Å². The van der Waals surface area contributed by atoms with Crippen molar-refractivity contribution in [2.24, 2.45) is 4.99 Å². The van der Waals surface area contributed by atoms with Gasteiger partial charge in [0, 0.05) is 25.5 Å². The number of pyridine rings is 1. The van der Waals surface area contributed by atoms with Gasteiger partial charge in [-0.2, -0.15) is 9.61 Å². The van der Waals surface area contributed by atoms with Crippen LogP contribution < -0.4 is 14.5 Å². The van der Waals surface area contributed by atoms with E-state index in [1.165, 1.54) is 0 Å². The zero-order valence-corrected chi connectivity index (χ0v) is 18.0. The molecule has 0 radical (unpaired) electrons. The molecule has 0 spiro atoms. The van der Waals surface area contributed by atoms with E-state index in [9.17, 15) is 0 Å². The van der Waals surface area contributed by atoms with Gasteiger partial charge in [0.05, 0.1) is 30.5 Å². The quantitative estimate of drug-likeness (QED) is 0.485. The molecule has 32 heavy (non-hydrogen) atoms. The summed E-state index contributed by atoms with van der Waals surface area (Å²) < 4.78 is 7.63. The Labute approximate surface area is 185 Å². The fourth-order valence-corrected chi connectivity index (χ4v) is 4.39. The molecule has 9 heteroatoms. The van der Waals surface area contributed by atoms with Crippen LogP contribution in [0.2, 0.25) is 0 Å².